The van der Waals surface area contributed by atoms with Crippen molar-refractivity contribution in [3.63, 3.8) is 0 Å². The highest BCUT2D eigenvalue weighted by molar-refractivity contribution is 5.66. The third-order valence-corrected chi connectivity index (χ3v) is 2.81. The van der Waals surface area contributed by atoms with Gasteiger partial charge in [-0.15, -0.1) is 0 Å². The quantitative estimate of drug-likeness (QED) is 0.814. The molecule has 0 saturated heterocycles. The highest BCUT2D eigenvalue weighted by Gasteiger charge is 2.07. The van der Waals surface area contributed by atoms with Crippen LogP contribution in [0.15, 0.2) is 42.5 Å². The molecule has 2 aromatic carbocycles. The van der Waals surface area contributed by atoms with Gasteiger partial charge in [0.15, 0.2) is 0 Å². The molecule has 0 aliphatic carbocycles. The molecule has 0 aliphatic heterocycles. The fourth-order valence-electron chi connectivity index (χ4n) is 1.80. The van der Waals surface area contributed by atoms with E-state index in [0.29, 0.717) is 11.5 Å². The van der Waals surface area contributed by atoms with Gasteiger partial charge in [0.2, 0.25) is 0 Å². The minimum atomic E-state index is -0.316. The van der Waals surface area contributed by atoms with Crippen LogP contribution in [-0.2, 0) is 0 Å². The molecule has 0 aromatic heterocycles. The summed E-state index contributed by atoms with van der Waals surface area (Å²) in [5.74, 6) is 0.162. The molecule has 1 N–H and O–H groups in total. The van der Waals surface area contributed by atoms with Crippen molar-refractivity contribution in [1.29, 1.82) is 0 Å². The largest absolute Gasteiger partial charge is 0.508 e. The van der Waals surface area contributed by atoms with E-state index in [1.807, 2.05) is 24.3 Å². The van der Waals surface area contributed by atoms with Gasteiger partial charge in [-0.05, 0) is 35.2 Å². The van der Waals surface area contributed by atoms with Crippen LogP contribution in [0.25, 0.3) is 11.1 Å². The zero-order chi connectivity index (χ0) is 12.4. The summed E-state index contributed by atoms with van der Waals surface area (Å²) in [6.07, 6.45) is 0. The van der Waals surface area contributed by atoms with Gasteiger partial charge in [-0.25, -0.2) is 4.39 Å². The average molecular weight is 230 g/mol. The molecule has 0 amide bonds. The Hall–Kier alpha value is -1.83. The van der Waals surface area contributed by atoms with E-state index < -0.39 is 0 Å². The van der Waals surface area contributed by atoms with Gasteiger partial charge in [0.05, 0.1) is 0 Å². The molecule has 1 nitrogen and oxygen atoms in total. The zero-order valence-electron chi connectivity index (χ0n) is 9.94. The monoisotopic (exact) mass is 230 g/mol. The summed E-state index contributed by atoms with van der Waals surface area (Å²) < 4.78 is 13.7. The third-order valence-electron chi connectivity index (χ3n) is 2.81. The van der Waals surface area contributed by atoms with Gasteiger partial charge in [0.25, 0.3) is 0 Å². The lowest BCUT2D eigenvalue weighted by Gasteiger charge is -2.09. The average Bonchev–Trinajstić information content (AvgIpc) is 2.32. The van der Waals surface area contributed by atoms with Crippen LogP contribution in [0, 0.1) is 5.82 Å². The first-order chi connectivity index (χ1) is 8.08. The first-order valence-electron chi connectivity index (χ1n) is 5.67. The molecular formula is C15H15FO. The van der Waals surface area contributed by atoms with E-state index in [9.17, 15) is 9.50 Å². The van der Waals surface area contributed by atoms with Crippen molar-refractivity contribution in [2.75, 3.05) is 0 Å². The number of phenols is 1. The molecule has 17 heavy (non-hydrogen) atoms. The molecule has 0 radical (unpaired) electrons. The molecule has 0 bridgehead atoms. The van der Waals surface area contributed by atoms with Crippen LogP contribution in [0.2, 0.25) is 0 Å². The number of halogens is 1. The lowest BCUT2D eigenvalue weighted by molar-refractivity contribution is 0.473. The van der Waals surface area contributed by atoms with Crippen LogP contribution in [0.1, 0.15) is 25.3 Å². The van der Waals surface area contributed by atoms with Gasteiger partial charge in [-0.1, -0.05) is 38.1 Å². The Balaban J connectivity index is 2.52. The number of hydrogen-bond donors (Lipinski definition) is 1. The van der Waals surface area contributed by atoms with Gasteiger partial charge in [0, 0.05) is 5.56 Å². The predicted octanol–water partition coefficient (Wildman–Crippen LogP) is 4.32. The summed E-state index contributed by atoms with van der Waals surface area (Å²) in [7, 11) is 0. The van der Waals surface area contributed by atoms with Gasteiger partial charge in [-0.3, -0.25) is 0 Å². The second-order valence-electron chi connectivity index (χ2n) is 4.44. The summed E-state index contributed by atoms with van der Waals surface area (Å²) in [5, 5.41) is 9.41. The standard InChI is InChI=1S/C15H15FO/c1-10(2)11-4-3-5-12(8-11)14-9-13(17)6-7-15(14)16/h3-10,17H,1-2H3. The molecule has 0 saturated carbocycles. The molecule has 0 aliphatic rings. The van der Waals surface area contributed by atoms with Crippen LogP contribution < -0.4 is 0 Å². The molecule has 2 heteroatoms. The number of rotatable bonds is 2. The van der Waals surface area contributed by atoms with Crippen LogP contribution >= 0.6 is 0 Å². The molecule has 2 aromatic rings. The summed E-state index contributed by atoms with van der Waals surface area (Å²) in [6, 6.07) is 11.8. The molecular weight excluding hydrogens is 215 g/mol. The number of benzene rings is 2. The van der Waals surface area contributed by atoms with Crippen molar-refractivity contribution in [3.05, 3.63) is 53.8 Å². The molecule has 2 rings (SSSR count). The maximum absolute atomic E-state index is 13.7. The van der Waals surface area contributed by atoms with E-state index in [1.54, 1.807) is 0 Å². The molecule has 0 fully saturated rings. The van der Waals surface area contributed by atoms with Crippen LogP contribution in [0.3, 0.4) is 0 Å². The molecule has 0 heterocycles. The highest BCUT2D eigenvalue weighted by Crippen LogP contribution is 2.28. The Morgan fingerprint density at radius 3 is 2.53 bits per heavy atom. The Bertz CT molecular complexity index is 532. The van der Waals surface area contributed by atoms with Crippen molar-refractivity contribution < 1.29 is 9.50 Å². The molecule has 0 spiro atoms. The van der Waals surface area contributed by atoms with Gasteiger partial charge in [-0.2, -0.15) is 0 Å². The number of aromatic hydroxyl groups is 1. The highest BCUT2D eigenvalue weighted by atomic mass is 19.1. The van der Waals surface area contributed by atoms with E-state index in [-0.39, 0.29) is 11.6 Å². The number of hydrogen-bond acceptors (Lipinski definition) is 1. The van der Waals surface area contributed by atoms with Crippen molar-refractivity contribution in [2.45, 2.75) is 19.8 Å². The summed E-state index contributed by atoms with van der Waals surface area (Å²) in [5.41, 5.74) is 2.39. The Morgan fingerprint density at radius 1 is 1.06 bits per heavy atom. The fraction of sp³-hybridized carbons (Fsp3) is 0.200. The van der Waals surface area contributed by atoms with Crippen molar-refractivity contribution in [3.8, 4) is 16.9 Å². The van der Waals surface area contributed by atoms with E-state index >= 15 is 0 Å². The lowest BCUT2D eigenvalue weighted by Crippen LogP contribution is -1.89. The van der Waals surface area contributed by atoms with E-state index in [4.69, 9.17) is 0 Å². The first-order valence-corrected chi connectivity index (χ1v) is 5.67. The van der Waals surface area contributed by atoms with E-state index in [2.05, 4.69) is 13.8 Å². The Labute approximate surface area is 101 Å². The predicted molar refractivity (Wildman–Crippen MR) is 67.6 cm³/mol. The Kier molecular flexibility index (Phi) is 3.14. The Morgan fingerprint density at radius 2 is 1.82 bits per heavy atom. The molecule has 88 valence electrons. The topological polar surface area (TPSA) is 20.2 Å². The van der Waals surface area contributed by atoms with Crippen LogP contribution in [0.5, 0.6) is 5.75 Å². The summed E-state index contributed by atoms with van der Waals surface area (Å²) in [4.78, 5) is 0. The third kappa shape index (κ3) is 2.47. The number of phenolic OH excluding ortho intramolecular Hbond substituents is 1. The summed E-state index contributed by atoms with van der Waals surface area (Å²) in [6.45, 7) is 4.19. The molecule has 0 atom stereocenters. The summed E-state index contributed by atoms with van der Waals surface area (Å²) >= 11 is 0. The normalized spacial score (nSPS) is 10.8. The van der Waals surface area contributed by atoms with E-state index in [0.717, 1.165) is 11.1 Å². The van der Waals surface area contributed by atoms with Gasteiger partial charge >= 0.3 is 0 Å². The van der Waals surface area contributed by atoms with Crippen LogP contribution in [0.4, 0.5) is 4.39 Å². The lowest BCUT2D eigenvalue weighted by atomic mass is 9.97. The van der Waals surface area contributed by atoms with E-state index in [1.165, 1.54) is 18.2 Å². The fourth-order valence-corrected chi connectivity index (χ4v) is 1.80. The minimum absolute atomic E-state index is 0.0800. The van der Waals surface area contributed by atoms with Gasteiger partial charge < -0.3 is 5.11 Å². The van der Waals surface area contributed by atoms with Gasteiger partial charge in [0.1, 0.15) is 11.6 Å². The first kappa shape index (κ1) is 11.6. The van der Waals surface area contributed by atoms with Crippen molar-refractivity contribution in [1.82, 2.24) is 0 Å². The maximum Gasteiger partial charge on any atom is 0.131 e. The van der Waals surface area contributed by atoms with Crippen molar-refractivity contribution in [2.24, 2.45) is 0 Å². The maximum atomic E-state index is 13.7. The second kappa shape index (κ2) is 4.58. The SMILES string of the molecule is CC(C)c1cccc(-c2cc(O)ccc2F)c1. The van der Waals surface area contributed by atoms with Crippen molar-refractivity contribution >= 4 is 0 Å². The van der Waals surface area contributed by atoms with Crippen LogP contribution in [-0.4, -0.2) is 5.11 Å². The molecule has 0 unspecified atom stereocenters. The zero-order valence-corrected chi connectivity index (χ0v) is 9.94. The second-order valence-corrected chi connectivity index (χ2v) is 4.44. The smallest absolute Gasteiger partial charge is 0.131 e. The minimum Gasteiger partial charge on any atom is -0.508 e.